The van der Waals surface area contributed by atoms with Crippen molar-refractivity contribution in [1.82, 2.24) is 4.90 Å². The minimum Gasteiger partial charge on any atom is -0.481 e. The molecule has 0 aromatic carbocycles. The van der Waals surface area contributed by atoms with Crippen LogP contribution in [-0.4, -0.2) is 47.6 Å². The van der Waals surface area contributed by atoms with Crippen LogP contribution in [0.15, 0.2) is 0 Å². The zero-order valence-corrected chi connectivity index (χ0v) is 12.8. The highest BCUT2D eigenvalue weighted by molar-refractivity contribution is 7.98. The van der Waals surface area contributed by atoms with E-state index >= 15 is 0 Å². The van der Waals surface area contributed by atoms with E-state index < -0.39 is 5.97 Å². The number of piperidine rings is 1. The van der Waals surface area contributed by atoms with Crippen molar-refractivity contribution in [3.05, 3.63) is 0 Å². The van der Waals surface area contributed by atoms with Crippen LogP contribution in [-0.2, 0) is 4.79 Å². The lowest BCUT2D eigenvalue weighted by molar-refractivity contribution is -0.136. The van der Waals surface area contributed by atoms with E-state index in [1.54, 1.807) is 11.8 Å². The smallest absolute Gasteiger partial charge is 0.304 e. The van der Waals surface area contributed by atoms with Crippen LogP contribution in [0.5, 0.6) is 0 Å². The molecule has 0 aromatic rings. The maximum absolute atomic E-state index is 9.74. The van der Waals surface area contributed by atoms with E-state index in [0.717, 1.165) is 5.75 Å². The summed E-state index contributed by atoms with van der Waals surface area (Å²) in [6.07, 6.45) is 10.7. The Morgan fingerprint density at radius 1 is 1.22 bits per heavy atom. The van der Waals surface area contributed by atoms with Gasteiger partial charge >= 0.3 is 5.97 Å². The second-order valence-corrected chi connectivity index (χ2v) is 5.73. The molecule has 4 heteroatoms. The summed E-state index contributed by atoms with van der Waals surface area (Å²) in [6, 6.07) is 0. The van der Waals surface area contributed by atoms with Crippen LogP contribution in [0.2, 0.25) is 0 Å². The Morgan fingerprint density at radius 3 is 2.33 bits per heavy atom. The fraction of sp³-hybridized carbons (Fsp3) is 0.929. The first-order chi connectivity index (χ1) is 8.70. The highest BCUT2D eigenvalue weighted by Crippen LogP contribution is 2.09. The standard InChI is InChI=1S/C10H21N.C4H8O2S/c1-2-3-5-8-11-9-6-4-7-10-11;1-7-3-2-4(5)6/h2-10H2,1H3;2-3H2,1H3,(H,5,6). The van der Waals surface area contributed by atoms with Crippen molar-refractivity contribution in [3.63, 3.8) is 0 Å². The number of aliphatic carboxylic acids is 1. The molecule has 1 heterocycles. The first-order valence-electron chi connectivity index (χ1n) is 7.13. The van der Waals surface area contributed by atoms with Crippen LogP contribution < -0.4 is 0 Å². The molecule has 3 nitrogen and oxygen atoms in total. The topological polar surface area (TPSA) is 40.5 Å². The molecular formula is C14H29NO2S. The molecule has 1 aliphatic heterocycles. The van der Waals surface area contributed by atoms with Crippen molar-refractivity contribution in [2.75, 3.05) is 31.6 Å². The van der Waals surface area contributed by atoms with E-state index in [1.165, 1.54) is 58.2 Å². The molecule has 1 saturated heterocycles. The van der Waals surface area contributed by atoms with Crippen LogP contribution in [0.25, 0.3) is 0 Å². The first-order valence-corrected chi connectivity index (χ1v) is 8.53. The molecule has 0 amide bonds. The van der Waals surface area contributed by atoms with E-state index in [9.17, 15) is 4.79 Å². The molecule has 0 spiro atoms. The van der Waals surface area contributed by atoms with E-state index in [0.29, 0.717) is 0 Å². The van der Waals surface area contributed by atoms with Crippen molar-refractivity contribution in [2.45, 2.75) is 51.9 Å². The quantitative estimate of drug-likeness (QED) is 0.722. The summed E-state index contributed by atoms with van der Waals surface area (Å²) in [4.78, 5) is 12.4. The van der Waals surface area contributed by atoms with Gasteiger partial charge in [-0.25, -0.2) is 0 Å². The van der Waals surface area contributed by atoms with Crippen molar-refractivity contribution in [1.29, 1.82) is 0 Å². The van der Waals surface area contributed by atoms with Gasteiger partial charge in [-0.2, -0.15) is 11.8 Å². The highest BCUT2D eigenvalue weighted by Gasteiger charge is 2.08. The Labute approximate surface area is 116 Å². The van der Waals surface area contributed by atoms with Crippen LogP contribution in [0.1, 0.15) is 51.9 Å². The van der Waals surface area contributed by atoms with Crippen LogP contribution in [0.3, 0.4) is 0 Å². The van der Waals surface area contributed by atoms with Crippen molar-refractivity contribution < 1.29 is 9.90 Å². The first kappa shape index (κ1) is 17.8. The van der Waals surface area contributed by atoms with Gasteiger partial charge in [0.1, 0.15) is 0 Å². The van der Waals surface area contributed by atoms with Gasteiger partial charge in [-0.05, 0) is 45.2 Å². The zero-order valence-electron chi connectivity index (χ0n) is 12.0. The number of hydrogen-bond donors (Lipinski definition) is 1. The molecule has 0 atom stereocenters. The van der Waals surface area contributed by atoms with Crippen molar-refractivity contribution >= 4 is 17.7 Å². The lowest BCUT2D eigenvalue weighted by Gasteiger charge is -2.26. The van der Waals surface area contributed by atoms with Gasteiger partial charge in [-0.15, -0.1) is 0 Å². The minimum absolute atomic E-state index is 0.279. The Morgan fingerprint density at radius 2 is 1.89 bits per heavy atom. The summed E-state index contributed by atoms with van der Waals surface area (Å²) < 4.78 is 0. The molecule has 0 unspecified atom stereocenters. The Hall–Kier alpha value is -0.220. The van der Waals surface area contributed by atoms with E-state index in [2.05, 4.69) is 11.8 Å². The van der Waals surface area contributed by atoms with Gasteiger partial charge in [-0.1, -0.05) is 26.2 Å². The molecule has 1 aliphatic rings. The molecular weight excluding hydrogens is 246 g/mol. The lowest BCUT2D eigenvalue weighted by atomic mass is 10.1. The Kier molecular flexibility index (Phi) is 13.1. The number of hydrogen-bond acceptors (Lipinski definition) is 3. The predicted molar refractivity (Wildman–Crippen MR) is 80.5 cm³/mol. The number of likely N-dealkylation sites (tertiary alicyclic amines) is 1. The third-order valence-electron chi connectivity index (χ3n) is 3.05. The zero-order chi connectivity index (χ0) is 13.6. The van der Waals surface area contributed by atoms with Crippen molar-refractivity contribution in [3.8, 4) is 0 Å². The Bertz CT molecular complexity index is 194. The summed E-state index contributed by atoms with van der Waals surface area (Å²) in [6.45, 7) is 6.36. The predicted octanol–water partition coefficient (Wildman–Crippen LogP) is 3.49. The summed E-state index contributed by atoms with van der Waals surface area (Å²) >= 11 is 1.55. The van der Waals surface area contributed by atoms with Gasteiger partial charge in [-0.3, -0.25) is 4.79 Å². The number of nitrogens with zero attached hydrogens (tertiary/aromatic N) is 1. The molecule has 0 aliphatic carbocycles. The van der Waals surface area contributed by atoms with Gasteiger partial charge in [0, 0.05) is 5.75 Å². The molecule has 108 valence electrons. The number of carboxylic acid groups (broad SMARTS) is 1. The summed E-state index contributed by atoms with van der Waals surface area (Å²) in [5, 5.41) is 8.03. The van der Waals surface area contributed by atoms with E-state index in [4.69, 9.17) is 5.11 Å². The second kappa shape index (κ2) is 13.2. The van der Waals surface area contributed by atoms with Gasteiger partial charge in [0.05, 0.1) is 6.42 Å². The lowest BCUT2D eigenvalue weighted by Crippen LogP contribution is -2.30. The molecule has 1 rings (SSSR count). The molecule has 0 bridgehead atoms. The summed E-state index contributed by atoms with van der Waals surface area (Å²) in [5.74, 6) is 0.00403. The monoisotopic (exact) mass is 275 g/mol. The number of thioether (sulfide) groups is 1. The number of carboxylic acids is 1. The summed E-state index contributed by atoms with van der Waals surface area (Å²) in [7, 11) is 0. The highest BCUT2D eigenvalue weighted by atomic mass is 32.2. The second-order valence-electron chi connectivity index (χ2n) is 4.75. The molecule has 18 heavy (non-hydrogen) atoms. The van der Waals surface area contributed by atoms with Gasteiger partial charge in [0.15, 0.2) is 0 Å². The maximum atomic E-state index is 9.74. The number of carbonyl (C=O) groups is 1. The van der Waals surface area contributed by atoms with Gasteiger partial charge in [0.2, 0.25) is 0 Å². The van der Waals surface area contributed by atoms with E-state index in [-0.39, 0.29) is 6.42 Å². The maximum Gasteiger partial charge on any atom is 0.304 e. The average Bonchev–Trinajstić information content (AvgIpc) is 2.39. The fourth-order valence-electron chi connectivity index (χ4n) is 1.96. The van der Waals surface area contributed by atoms with Crippen LogP contribution >= 0.6 is 11.8 Å². The minimum atomic E-state index is -0.714. The number of rotatable bonds is 7. The van der Waals surface area contributed by atoms with Crippen LogP contribution in [0.4, 0.5) is 0 Å². The van der Waals surface area contributed by atoms with Crippen molar-refractivity contribution in [2.24, 2.45) is 0 Å². The third-order valence-corrected chi connectivity index (χ3v) is 3.66. The molecule has 0 radical (unpaired) electrons. The third kappa shape index (κ3) is 12.2. The largest absolute Gasteiger partial charge is 0.481 e. The molecule has 0 aromatic heterocycles. The fourth-order valence-corrected chi connectivity index (χ4v) is 2.34. The van der Waals surface area contributed by atoms with Crippen LogP contribution in [0, 0.1) is 0 Å². The Balaban J connectivity index is 0.000000360. The summed E-state index contributed by atoms with van der Waals surface area (Å²) in [5.41, 5.74) is 0. The SMILES string of the molecule is CCCCCN1CCCCC1.CSCCC(=O)O. The molecule has 1 N–H and O–H groups in total. The number of unbranched alkanes of at least 4 members (excludes halogenated alkanes) is 2. The van der Waals surface area contributed by atoms with Gasteiger partial charge in [0.25, 0.3) is 0 Å². The molecule has 1 fully saturated rings. The normalized spacial score (nSPS) is 15.9. The molecule has 0 saturated carbocycles. The average molecular weight is 275 g/mol. The van der Waals surface area contributed by atoms with E-state index in [1.807, 2.05) is 6.26 Å². The van der Waals surface area contributed by atoms with Gasteiger partial charge < -0.3 is 10.0 Å².